The molecule has 5 heteroatoms. The highest BCUT2D eigenvalue weighted by Gasteiger charge is 1.94. The lowest BCUT2D eigenvalue weighted by atomic mass is 10.5. The molecule has 1 heterocycles. The molecule has 1 aromatic heterocycles. The molecule has 0 saturated heterocycles. The smallest absolute Gasteiger partial charge is 0.266 e. The number of nitrogens with one attached hydrogen (secondary N) is 1. The number of nitrogens with zero attached hydrogens (tertiary/aromatic N) is 1. The number of thioether (sulfide) groups is 1. The van der Waals surface area contributed by atoms with Gasteiger partial charge in [-0.1, -0.05) is 11.8 Å². The molecule has 1 aromatic rings. The zero-order valence-corrected chi connectivity index (χ0v) is 7.07. The third-order valence-electron chi connectivity index (χ3n) is 1.13. The molecule has 0 atom stereocenters. The Hall–Kier alpha value is -0.840. The number of hydrogen-bond acceptors (Lipinski definition) is 2. The lowest BCUT2D eigenvalue weighted by Gasteiger charge is -1.91. The van der Waals surface area contributed by atoms with E-state index in [9.17, 15) is 8.78 Å². The first kappa shape index (κ1) is 9.25. The van der Waals surface area contributed by atoms with Crippen molar-refractivity contribution in [3.63, 3.8) is 0 Å². The molecule has 66 valence electrons. The summed E-state index contributed by atoms with van der Waals surface area (Å²) in [5, 5.41) is 0.766. The van der Waals surface area contributed by atoms with Crippen molar-refractivity contribution in [3.8, 4) is 0 Å². The first-order valence-corrected chi connectivity index (χ1v) is 4.41. The van der Waals surface area contributed by atoms with Gasteiger partial charge < -0.3 is 4.98 Å². The van der Waals surface area contributed by atoms with Crippen LogP contribution in [0.1, 0.15) is 6.42 Å². The van der Waals surface area contributed by atoms with Crippen LogP contribution in [0, 0.1) is 0 Å². The van der Waals surface area contributed by atoms with Gasteiger partial charge in [-0.3, -0.25) is 0 Å². The van der Waals surface area contributed by atoms with Crippen molar-refractivity contribution in [3.05, 3.63) is 24.6 Å². The quantitative estimate of drug-likeness (QED) is 0.584. The van der Waals surface area contributed by atoms with E-state index < -0.39 is 6.08 Å². The summed E-state index contributed by atoms with van der Waals surface area (Å²) in [7, 11) is 0. The van der Waals surface area contributed by atoms with E-state index in [2.05, 4.69) is 9.97 Å². The second kappa shape index (κ2) is 4.92. The van der Waals surface area contributed by atoms with Gasteiger partial charge in [0.05, 0.1) is 0 Å². The van der Waals surface area contributed by atoms with E-state index in [0.717, 1.165) is 11.2 Å². The third-order valence-corrected chi connectivity index (χ3v) is 2.06. The predicted molar refractivity (Wildman–Crippen MR) is 44.2 cm³/mol. The van der Waals surface area contributed by atoms with Crippen molar-refractivity contribution < 1.29 is 8.78 Å². The Morgan fingerprint density at radius 3 is 3.08 bits per heavy atom. The van der Waals surface area contributed by atoms with E-state index >= 15 is 0 Å². The van der Waals surface area contributed by atoms with E-state index in [1.807, 2.05) is 0 Å². The highest BCUT2D eigenvalue weighted by molar-refractivity contribution is 7.99. The lowest BCUT2D eigenvalue weighted by Crippen LogP contribution is -1.78. The highest BCUT2D eigenvalue weighted by atomic mass is 32.2. The molecule has 0 spiro atoms. The number of aromatic amines is 1. The SMILES string of the molecule is FC(F)=CCCSc1ncc[nH]1. The zero-order valence-electron chi connectivity index (χ0n) is 6.26. The Morgan fingerprint density at radius 1 is 1.67 bits per heavy atom. The second-order valence-electron chi connectivity index (χ2n) is 2.03. The maximum atomic E-state index is 11.5. The van der Waals surface area contributed by atoms with Crippen LogP contribution >= 0.6 is 11.8 Å². The Morgan fingerprint density at radius 2 is 2.50 bits per heavy atom. The molecule has 0 fully saturated rings. The summed E-state index contributed by atoms with van der Waals surface area (Å²) in [6.07, 6.45) is 3.00. The van der Waals surface area contributed by atoms with Gasteiger partial charge in [-0.2, -0.15) is 8.78 Å². The molecule has 1 N–H and O–H groups in total. The Balaban J connectivity index is 2.16. The minimum absolute atomic E-state index is 0.369. The van der Waals surface area contributed by atoms with Gasteiger partial charge in [-0.15, -0.1) is 0 Å². The summed E-state index contributed by atoms with van der Waals surface area (Å²) in [4.78, 5) is 6.80. The normalized spacial score (nSPS) is 9.83. The largest absolute Gasteiger partial charge is 0.340 e. The minimum Gasteiger partial charge on any atom is -0.340 e. The first-order valence-electron chi connectivity index (χ1n) is 3.42. The Kier molecular flexibility index (Phi) is 3.79. The van der Waals surface area contributed by atoms with Crippen molar-refractivity contribution in [2.24, 2.45) is 0 Å². The number of H-pyrrole nitrogens is 1. The summed E-state index contributed by atoms with van der Waals surface area (Å²) < 4.78 is 23.1. The third kappa shape index (κ3) is 3.52. The molecule has 0 bridgehead atoms. The van der Waals surface area contributed by atoms with Crippen LogP contribution in [-0.4, -0.2) is 15.7 Å². The second-order valence-corrected chi connectivity index (χ2v) is 3.11. The zero-order chi connectivity index (χ0) is 8.81. The molecule has 0 aliphatic heterocycles. The van der Waals surface area contributed by atoms with E-state index in [0.29, 0.717) is 12.2 Å². The van der Waals surface area contributed by atoms with Crippen molar-refractivity contribution in [1.29, 1.82) is 0 Å². The standard InChI is InChI=1S/C7H8F2N2S/c8-6(9)2-1-5-12-7-10-3-4-11-7/h2-4H,1,5H2,(H,10,11). The lowest BCUT2D eigenvalue weighted by molar-refractivity contribution is 0.418. The molecule has 2 nitrogen and oxygen atoms in total. The van der Waals surface area contributed by atoms with E-state index in [1.165, 1.54) is 11.8 Å². The molecule has 12 heavy (non-hydrogen) atoms. The molecule has 0 aromatic carbocycles. The van der Waals surface area contributed by atoms with Gasteiger partial charge in [-0.05, 0) is 12.5 Å². The molecular formula is C7H8F2N2S. The number of aromatic nitrogens is 2. The summed E-state index contributed by atoms with van der Waals surface area (Å²) >= 11 is 1.42. The molecule has 0 amide bonds. The predicted octanol–water partition coefficient (Wildman–Crippen LogP) is 2.67. The maximum absolute atomic E-state index is 11.5. The fourth-order valence-electron chi connectivity index (χ4n) is 0.653. The topological polar surface area (TPSA) is 28.7 Å². The molecule has 0 radical (unpaired) electrons. The number of rotatable bonds is 4. The monoisotopic (exact) mass is 190 g/mol. The molecule has 0 aliphatic rings. The van der Waals surface area contributed by atoms with Crippen molar-refractivity contribution in [1.82, 2.24) is 9.97 Å². The highest BCUT2D eigenvalue weighted by Crippen LogP contribution is 2.13. The van der Waals surface area contributed by atoms with Gasteiger partial charge in [-0.25, -0.2) is 4.98 Å². The number of halogens is 2. The van der Waals surface area contributed by atoms with Crippen LogP contribution in [0.4, 0.5) is 8.78 Å². The van der Waals surface area contributed by atoms with Crippen LogP contribution in [0.15, 0.2) is 29.7 Å². The fraction of sp³-hybridized carbons (Fsp3) is 0.286. The molecular weight excluding hydrogens is 182 g/mol. The van der Waals surface area contributed by atoms with Crippen molar-refractivity contribution in [2.75, 3.05) is 5.75 Å². The van der Waals surface area contributed by atoms with Gasteiger partial charge in [0.15, 0.2) is 5.16 Å². The Bertz CT molecular complexity index is 242. The number of allylic oxidation sites excluding steroid dienone is 1. The van der Waals surface area contributed by atoms with Gasteiger partial charge in [0.2, 0.25) is 0 Å². The number of imidazole rings is 1. The van der Waals surface area contributed by atoms with Crippen LogP contribution in [-0.2, 0) is 0 Å². The van der Waals surface area contributed by atoms with Crippen LogP contribution in [0.5, 0.6) is 0 Å². The van der Waals surface area contributed by atoms with Crippen LogP contribution in [0.2, 0.25) is 0 Å². The minimum atomic E-state index is -1.62. The average molecular weight is 190 g/mol. The Labute approximate surface area is 73.1 Å². The van der Waals surface area contributed by atoms with Gasteiger partial charge in [0, 0.05) is 18.1 Å². The fourth-order valence-corrected chi connectivity index (χ4v) is 1.37. The van der Waals surface area contributed by atoms with E-state index in [4.69, 9.17) is 0 Å². The van der Waals surface area contributed by atoms with Crippen LogP contribution in [0.3, 0.4) is 0 Å². The summed E-state index contributed by atoms with van der Waals surface area (Å²) in [6.45, 7) is 0. The van der Waals surface area contributed by atoms with E-state index in [1.54, 1.807) is 12.4 Å². The molecule has 0 unspecified atom stereocenters. The van der Waals surface area contributed by atoms with Crippen LogP contribution in [0.25, 0.3) is 0 Å². The van der Waals surface area contributed by atoms with Crippen LogP contribution < -0.4 is 0 Å². The maximum Gasteiger partial charge on any atom is 0.266 e. The van der Waals surface area contributed by atoms with E-state index in [-0.39, 0.29) is 0 Å². The van der Waals surface area contributed by atoms with Gasteiger partial charge in [0.1, 0.15) is 0 Å². The van der Waals surface area contributed by atoms with Crippen molar-refractivity contribution >= 4 is 11.8 Å². The van der Waals surface area contributed by atoms with Crippen molar-refractivity contribution in [2.45, 2.75) is 11.6 Å². The summed E-state index contributed by atoms with van der Waals surface area (Å²) in [5.74, 6) is 0.616. The van der Waals surface area contributed by atoms with Gasteiger partial charge in [0.25, 0.3) is 6.08 Å². The number of hydrogen-bond donors (Lipinski definition) is 1. The summed E-state index contributed by atoms with van der Waals surface area (Å²) in [5.41, 5.74) is 0. The average Bonchev–Trinajstić information content (AvgIpc) is 2.49. The van der Waals surface area contributed by atoms with Gasteiger partial charge >= 0.3 is 0 Å². The first-order chi connectivity index (χ1) is 5.79. The summed E-state index contributed by atoms with van der Waals surface area (Å²) in [6, 6.07) is 0. The molecule has 1 rings (SSSR count). The molecule has 0 aliphatic carbocycles. The molecule has 0 saturated carbocycles.